The number of hydrogen-bond acceptors (Lipinski definition) is 8. The average Bonchev–Trinajstić information content (AvgIpc) is 3.28. The first-order chi connectivity index (χ1) is 18.7. The molecule has 204 valence electrons. The highest BCUT2D eigenvalue weighted by atomic mass is 32.2. The smallest absolute Gasteiger partial charge is 0.341 e. The number of methoxy groups -OCH3 is 1. The summed E-state index contributed by atoms with van der Waals surface area (Å²) < 4.78 is 5.03. The lowest BCUT2D eigenvalue weighted by Crippen LogP contribution is -2.25. The minimum absolute atomic E-state index is 0.166. The number of carbonyl (C=O) groups excluding carboxylic acids is 3. The Labute approximate surface area is 234 Å². The number of thioether (sulfide) groups is 1. The molecule has 2 amide bonds. The number of ether oxygens (including phenoxy) is 1. The minimum Gasteiger partial charge on any atom is -0.465 e. The predicted molar refractivity (Wildman–Crippen MR) is 153 cm³/mol. The summed E-state index contributed by atoms with van der Waals surface area (Å²) in [6.07, 6.45) is 3.19. The number of nitrogens with one attached hydrogen (secondary N) is 2. The molecule has 0 fully saturated rings. The maximum absolute atomic E-state index is 13.3. The first kappa shape index (κ1) is 28.3. The van der Waals surface area contributed by atoms with Crippen LogP contribution in [0.15, 0.2) is 53.4 Å². The van der Waals surface area contributed by atoms with E-state index in [9.17, 15) is 24.5 Å². The van der Waals surface area contributed by atoms with Crippen molar-refractivity contribution in [2.75, 3.05) is 17.7 Å². The second-order valence-electron chi connectivity index (χ2n) is 9.34. The lowest BCUT2D eigenvalue weighted by molar-refractivity contribution is -0.384. The van der Waals surface area contributed by atoms with Crippen LogP contribution in [0.1, 0.15) is 57.8 Å². The van der Waals surface area contributed by atoms with Crippen LogP contribution in [-0.4, -0.2) is 35.1 Å². The van der Waals surface area contributed by atoms with Crippen LogP contribution in [0, 0.1) is 16.0 Å². The number of carbonyl (C=O) groups is 3. The maximum Gasteiger partial charge on any atom is 0.341 e. The summed E-state index contributed by atoms with van der Waals surface area (Å²) in [5.74, 6) is -0.610. The Morgan fingerprint density at radius 1 is 1.18 bits per heavy atom. The summed E-state index contributed by atoms with van der Waals surface area (Å²) in [5.41, 5.74) is 1.94. The van der Waals surface area contributed by atoms with Crippen LogP contribution in [0.2, 0.25) is 0 Å². The van der Waals surface area contributed by atoms with Gasteiger partial charge in [-0.15, -0.1) is 23.1 Å². The van der Waals surface area contributed by atoms with E-state index in [-0.39, 0.29) is 17.2 Å². The molecule has 39 heavy (non-hydrogen) atoms. The Balaban J connectivity index is 1.47. The van der Waals surface area contributed by atoms with Gasteiger partial charge in [0.15, 0.2) is 0 Å². The van der Waals surface area contributed by atoms with E-state index < -0.39 is 22.0 Å². The van der Waals surface area contributed by atoms with Crippen LogP contribution in [0.3, 0.4) is 0 Å². The highest BCUT2D eigenvalue weighted by Gasteiger charge is 2.30. The maximum atomic E-state index is 13.3. The molecule has 1 aliphatic rings. The van der Waals surface area contributed by atoms with Gasteiger partial charge in [0, 0.05) is 33.2 Å². The van der Waals surface area contributed by atoms with Gasteiger partial charge in [0.25, 0.3) is 11.6 Å². The fraction of sp³-hybridized carbons (Fsp3) is 0.321. The quantitative estimate of drug-likeness (QED) is 0.134. The Morgan fingerprint density at radius 3 is 2.67 bits per heavy atom. The summed E-state index contributed by atoms with van der Waals surface area (Å²) in [4.78, 5) is 51.0. The van der Waals surface area contributed by atoms with Crippen LogP contribution < -0.4 is 10.6 Å². The number of hydrogen-bond donors (Lipinski definition) is 2. The Hall–Kier alpha value is -3.70. The van der Waals surface area contributed by atoms with Crippen LogP contribution in [-0.2, 0) is 22.4 Å². The number of thiophene rings is 1. The molecular formula is C28H29N3O6S2. The van der Waals surface area contributed by atoms with Crippen molar-refractivity contribution in [3.05, 3.63) is 80.2 Å². The summed E-state index contributed by atoms with van der Waals surface area (Å²) >= 11 is 2.80. The second-order valence-corrected chi connectivity index (χ2v) is 11.7. The predicted octanol–water partition coefficient (Wildman–Crippen LogP) is 6.33. The van der Waals surface area contributed by atoms with Gasteiger partial charge in [0.1, 0.15) is 5.00 Å². The van der Waals surface area contributed by atoms with E-state index in [1.807, 2.05) is 13.0 Å². The highest BCUT2D eigenvalue weighted by molar-refractivity contribution is 8.00. The number of rotatable bonds is 9. The third-order valence-corrected chi connectivity index (χ3v) is 9.02. The molecule has 2 atom stereocenters. The molecule has 2 unspecified atom stereocenters. The van der Waals surface area contributed by atoms with E-state index in [4.69, 9.17) is 4.74 Å². The average molecular weight is 568 g/mol. The molecule has 3 aromatic rings. The molecule has 1 heterocycles. The molecule has 0 bridgehead atoms. The third kappa shape index (κ3) is 6.66. The van der Waals surface area contributed by atoms with Crippen molar-refractivity contribution in [1.29, 1.82) is 0 Å². The lowest BCUT2D eigenvalue weighted by Gasteiger charge is -2.18. The number of non-ortho nitro benzene ring substituents is 1. The van der Waals surface area contributed by atoms with Crippen molar-refractivity contribution in [3.63, 3.8) is 0 Å². The van der Waals surface area contributed by atoms with Gasteiger partial charge >= 0.3 is 5.97 Å². The number of benzene rings is 2. The number of nitro groups is 1. The molecule has 0 spiro atoms. The summed E-state index contributed by atoms with van der Waals surface area (Å²) in [6.45, 7) is 4.09. The Morgan fingerprint density at radius 2 is 1.95 bits per heavy atom. The van der Waals surface area contributed by atoms with E-state index in [0.29, 0.717) is 28.6 Å². The van der Waals surface area contributed by atoms with Gasteiger partial charge in [0.05, 0.1) is 22.8 Å². The van der Waals surface area contributed by atoms with E-state index in [1.165, 1.54) is 54.5 Å². The largest absolute Gasteiger partial charge is 0.465 e. The normalized spacial score (nSPS) is 15.1. The topological polar surface area (TPSA) is 128 Å². The van der Waals surface area contributed by atoms with Gasteiger partial charge in [-0.05, 0) is 61.4 Å². The molecule has 0 saturated heterocycles. The minimum atomic E-state index is -0.552. The van der Waals surface area contributed by atoms with E-state index >= 15 is 0 Å². The number of nitrogens with zero attached hydrogens (tertiary/aromatic N) is 1. The highest BCUT2D eigenvalue weighted by Crippen LogP contribution is 2.40. The molecule has 2 aromatic carbocycles. The molecule has 0 saturated carbocycles. The summed E-state index contributed by atoms with van der Waals surface area (Å²) in [5, 5.41) is 16.9. The number of anilines is 2. The second kappa shape index (κ2) is 12.4. The molecule has 11 heteroatoms. The summed E-state index contributed by atoms with van der Waals surface area (Å²) in [6, 6.07) is 12.6. The number of esters is 1. The standard InChI is InChI=1S/C28H29N3O6S2/c1-4-22(26(33)30-27-24(28(34)37-3)21-12-11-16(2)13-23(21)39-27)38-20-10-6-8-18(15-20)29-25(32)17-7-5-9-19(14-17)31(35)36/h5-10,14-16,22H,4,11-13H2,1-3H3,(H,29,32)(H,30,33). The lowest BCUT2D eigenvalue weighted by atomic mass is 9.88. The van der Waals surface area contributed by atoms with Gasteiger partial charge in [-0.3, -0.25) is 19.7 Å². The Kier molecular flexibility index (Phi) is 9.03. The van der Waals surface area contributed by atoms with Crippen molar-refractivity contribution in [1.82, 2.24) is 0 Å². The van der Waals surface area contributed by atoms with Gasteiger partial charge < -0.3 is 15.4 Å². The third-order valence-electron chi connectivity index (χ3n) is 6.49. The van der Waals surface area contributed by atoms with E-state index in [1.54, 1.807) is 18.2 Å². The number of amides is 2. The summed E-state index contributed by atoms with van der Waals surface area (Å²) in [7, 11) is 1.35. The van der Waals surface area contributed by atoms with Crippen LogP contribution in [0.4, 0.5) is 16.4 Å². The zero-order chi connectivity index (χ0) is 28.1. The molecule has 4 rings (SSSR count). The number of nitro benzene ring substituents is 1. The zero-order valence-electron chi connectivity index (χ0n) is 21.8. The molecule has 9 nitrogen and oxygen atoms in total. The fourth-order valence-electron chi connectivity index (χ4n) is 4.45. The van der Waals surface area contributed by atoms with Crippen molar-refractivity contribution < 1.29 is 24.0 Å². The number of fused-ring (bicyclic) bond motifs is 1. The van der Waals surface area contributed by atoms with Crippen LogP contribution in [0.5, 0.6) is 0 Å². The zero-order valence-corrected chi connectivity index (χ0v) is 23.4. The van der Waals surface area contributed by atoms with Gasteiger partial charge in [-0.25, -0.2) is 4.79 Å². The van der Waals surface area contributed by atoms with Crippen molar-refractivity contribution >= 4 is 57.3 Å². The molecule has 1 aromatic heterocycles. The SMILES string of the molecule is CCC(Sc1cccc(NC(=O)c2cccc([N+](=O)[O-])c2)c1)C(=O)Nc1sc2c(c1C(=O)OC)CCC(C)C2. The van der Waals surface area contributed by atoms with Crippen LogP contribution >= 0.6 is 23.1 Å². The fourth-order valence-corrected chi connectivity index (χ4v) is 6.86. The van der Waals surface area contributed by atoms with Gasteiger partial charge in [-0.1, -0.05) is 26.0 Å². The van der Waals surface area contributed by atoms with Crippen molar-refractivity contribution in [3.8, 4) is 0 Å². The first-order valence-corrected chi connectivity index (χ1v) is 14.3. The monoisotopic (exact) mass is 567 g/mol. The molecular weight excluding hydrogens is 538 g/mol. The molecule has 2 N–H and O–H groups in total. The van der Waals surface area contributed by atoms with Crippen molar-refractivity contribution in [2.45, 2.75) is 49.7 Å². The van der Waals surface area contributed by atoms with Gasteiger partial charge in [-0.2, -0.15) is 0 Å². The van der Waals surface area contributed by atoms with E-state index in [0.717, 1.165) is 34.6 Å². The van der Waals surface area contributed by atoms with Crippen molar-refractivity contribution in [2.24, 2.45) is 5.92 Å². The molecule has 0 radical (unpaired) electrons. The van der Waals surface area contributed by atoms with E-state index in [2.05, 4.69) is 17.6 Å². The Bertz CT molecular complexity index is 1420. The van der Waals surface area contributed by atoms with Crippen LogP contribution in [0.25, 0.3) is 0 Å². The first-order valence-electron chi connectivity index (χ1n) is 12.6. The molecule has 1 aliphatic carbocycles. The molecule has 0 aliphatic heterocycles. The van der Waals surface area contributed by atoms with Gasteiger partial charge in [0.2, 0.25) is 5.91 Å².